The van der Waals surface area contributed by atoms with E-state index in [4.69, 9.17) is 9.84 Å². The molecule has 0 bridgehead atoms. The number of hydrogen-bond acceptors (Lipinski definition) is 3. The van der Waals surface area contributed by atoms with Crippen LogP contribution in [0, 0.1) is 5.92 Å². The summed E-state index contributed by atoms with van der Waals surface area (Å²) in [6.45, 7) is 4.63. The van der Waals surface area contributed by atoms with Gasteiger partial charge in [0.25, 0.3) is 0 Å². The van der Waals surface area contributed by atoms with Gasteiger partial charge in [-0.05, 0) is 32.1 Å². The van der Waals surface area contributed by atoms with E-state index in [9.17, 15) is 9.59 Å². The summed E-state index contributed by atoms with van der Waals surface area (Å²) < 4.78 is 5.51. The summed E-state index contributed by atoms with van der Waals surface area (Å²) in [5.74, 6) is -0.690. The summed E-state index contributed by atoms with van der Waals surface area (Å²) in [6, 6.07) is 0.0286. The lowest BCUT2D eigenvalue weighted by Crippen LogP contribution is -2.53. The molecule has 2 amide bonds. The van der Waals surface area contributed by atoms with Gasteiger partial charge in [-0.3, -0.25) is 4.79 Å². The van der Waals surface area contributed by atoms with Crippen molar-refractivity contribution in [2.75, 3.05) is 33.3 Å². The molecule has 0 aromatic rings. The number of carbonyl (C=O) groups is 2. The van der Waals surface area contributed by atoms with Crippen molar-refractivity contribution in [3.63, 3.8) is 0 Å². The quantitative estimate of drug-likeness (QED) is 0.850. The highest BCUT2D eigenvalue weighted by Gasteiger charge is 2.36. The van der Waals surface area contributed by atoms with Crippen molar-refractivity contribution < 1.29 is 19.4 Å². The molecular formula is C14H24N2O4. The van der Waals surface area contributed by atoms with Crippen LogP contribution in [0.1, 0.15) is 32.6 Å². The van der Waals surface area contributed by atoms with Crippen LogP contribution in [0.4, 0.5) is 4.79 Å². The van der Waals surface area contributed by atoms with E-state index >= 15 is 0 Å². The summed E-state index contributed by atoms with van der Waals surface area (Å²) in [5, 5.41) is 8.82. The number of nitrogens with zero attached hydrogens (tertiary/aromatic N) is 2. The van der Waals surface area contributed by atoms with Crippen LogP contribution in [-0.2, 0) is 9.53 Å². The van der Waals surface area contributed by atoms with Crippen LogP contribution in [0.5, 0.6) is 0 Å². The second-order valence-corrected chi connectivity index (χ2v) is 6.16. The summed E-state index contributed by atoms with van der Waals surface area (Å²) in [6.07, 6.45) is 2.85. The van der Waals surface area contributed by atoms with E-state index in [1.54, 1.807) is 12.0 Å². The smallest absolute Gasteiger partial charge is 0.320 e. The first-order valence-electron chi connectivity index (χ1n) is 7.24. The largest absolute Gasteiger partial charge is 0.481 e. The van der Waals surface area contributed by atoms with E-state index in [1.165, 1.54) is 0 Å². The van der Waals surface area contributed by atoms with Crippen LogP contribution in [0.2, 0.25) is 0 Å². The van der Waals surface area contributed by atoms with E-state index in [2.05, 4.69) is 0 Å². The van der Waals surface area contributed by atoms with Crippen molar-refractivity contribution >= 4 is 12.0 Å². The van der Waals surface area contributed by atoms with Crippen molar-refractivity contribution in [2.24, 2.45) is 5.92 Å². The number of carboxylic acids is 1. The second kappa shape index (κ2) is 5.99. The highest BCUT2D eigenvalue weighted by Crippen LogP contribution is 2.26. The third kappa shape index (κ3) is 3.42. The highest BCUT2D eigenvalue weighted by atomic mass is 16.5. The fourth-order valence-corrected chi connectivity index (χ4v) is 3.16. The van der Waals surface area contributed by atoms with Crippen molar-refractivity contribution in [2.45, 2.75) is 38.2 Å². The maximum atomic E-state index is 12.5. The highest BCUT2D eigenvalue weighted by molar-refractivity contribution is 5.75. The Labute approximate surface area is 119 Å². The van der Waals surface area contributed by atoms with Gasteiger partial charge in [-0.1, -0.05) is 0 Å². The first-order chi connectivity index (χ1) is 9.43. The Kier molecular flexibility index (Phi) is 4.52. The van der Waals surface area contributed by atoms with Crippen molar-refractivity contribution in [3.05, 3.63) is 0 Å². The van der Waals surface area contributed by atoms with E-state index in [0.29, 0.717) is 19.6 Å². The van der Waals surface area contributed by atoms with Gasteiger partial charge in [0.15, 0.2) is 0 Å². The minimum atomic E-state index is -0.783. The molecule has 6 nitrogen and oxygen atoms in total. The number of hydrogen-bond donors (Lipinski definition) is 1. The molecule has 2 heterocycles. The van der Waals surface area contributed by atoms with Gasteiger partial charge in [-0.2, -0.15) is 0 Å². The number of urea groups is 1. The zero-order valence-electron chi connectivity index (χ0n) is 12.3. The van der Waals surface area contributed by atoms with Crippen molar-refractivity contribution in [3.8, 4) is 0 Å². The Balaban J connectivity index is 1.90. The van der Waals surface area contributed by atoms with E-state index in [0.717, 1.165) is 25.8 Å². The molecule has 2 unspecified atom stereocenters. The zero-order valence-corrected chi connectivity index (χ0v) is 12.3. The third-order valence-corrected chi connectivity index (χ3v) is 4.44. The van der Waals surface area contributed by atoms with Gasteiger partial charge in [-0.15, -0.1) is 0 Å². The van der Waals surface area contributed by atoms with E-state index in [-0.39, 0.29) is 24.0 Å². The van der Waals surface area contributed by atoms with E-state index in [1.807, 2.05) is 11.8 Å². The average Bonchev–Trinajstić information content (AvgIpc) is 2.85. The van der Waals surface area contributed by atoms with Crippen LogP contribution in [0.3, 0.4) is 0 Å². The monoisotopic (exact) mass is 284 g/mol. The first kappa shape index (κ1) is 15.1. The predicted octanol–water partition coefficient (Wildman–Crippen LogP) is 1.40. The number of carboxylic acid groups (broad SMARTS) is 1. The SMILES string of the molecule is COC1(C)CCCN(C(=O)N2CCC(CC(=O)O)C2)C1. The summed E-state index contributed by atoms with van der Waals surface area (Å²) in [5.41, 5.74) is -0.256. The van der Waals surface area contributed by atoms with Gasteiger partial charge in [0.2, 0.25) is 0 Å². The summed E-state index contributed by atoms with van der Waals surface area (Å²) in [7, 11) is 1.69. The molecule has 0 spiro atoms. The fraction of sp³-hybridized carbons (Fsp3) is 0.857. The molecule has 2 atom stereocenters. The molecule has 0 aromatic heterocycles. The molecule has 0 aliphatic carbocycles. The Morgan fingerprint density at radius 2 is 2.10 bits per heavy atom. The summed E-state index contributed by atoms with van der Waals surface area (Å²) >= 11 is 0. The van der Waals surface area contributed by atoms with Crippen molar-refractivity contribution in [1.82, 2.24) is 9.80 Å². The number of amides is 2. The lowest BCUT2D eigenvalue weighted by atomic mass is 9.95. The van der Waals surface area contributed by atoms with Crippen LogP contribution in [0.25, 0.3) is 0 Å². The molecule has 0 radical (unpaired) electrons. The molecule has 2 fully saturated rings. The molecule has 2 aliphatic rings. The van der Waals surface area contributed by atoms with Gasteiger partial charge in [0.05, 0.1) is 12.1 Å². The molecule has 1 N–H and O–H groups in total. The maximum Gasteiger partial charge on any atom is 0.320 e. The van der Waals surface area contributed by atoms with Gasteiger partial charge in [0.1, 0.15) is 0 Å². The lowest BCUT2D eigenvalue weighted by Gasteiger charge is -2.40. The molecule has 2 rings (SSSR count). The minimum Gasteiger partial charge on any atom is -0.481 e. The topological polar surface area (TPSA) is 70.1 Å². The minimum absolute atomic E-state index is 0.0286. The molecule has 114 valence electrons. The zero-order chi connectivity index (χ0) is 14.8. The molecular weight excluding hydrogens is 260 g/mol. The number of rotatable bonds is 3. The lowest BCUT2D eigenvalue weighted by molar-refractivity contribution is -0.138. The van der Waals surface area contributed by atoms with Gasteiger partial charge in [0, 0.05) is 33.2 Å². The molecule has 20 heavy (non-hydrogen) atoms. The molecule has 0 aromatic carbocycles. The Morgan fingerprint density at radius 3 is 2.75 bits per heavy atom. The normalized spacial score (nSPS) is 30.6. The number of carbonyl (C=O) groups excluding carboxylic acids is 1. The van der Waals surface area contributed by atoms with Crippen LogP contribution in [0.15, 0.2) is 0 Å². The number of likely N-dealkylation sites (tertiary alicyclic amines) is 2. The Bertz CT molecular complexity index is 387. The van der Waals surface area contributed by atoms with Gasteiger partial charge >= 0.3 is 12.0 Å². The van der Waals surface area contributed by atoms with Crippen LogP contribution >= 0.6 is 0 Å². The second-order valence-electron chi connectivity index (χ2n) is 6.16. The van der Waals surface area contributed by atoms with Crippen molar-refractivity contribution in [1.29, 1.82) is 0 Å². The number of aliphatic carboxylic acids is 1. The third-order valence-electron chi connectivity index (χ3n) is 4.44. The number of ether oxygens (including phenoxy) is 1. The average molecular weight is 284 g/mol. The van der Waals surface area contributed by atoms with Crippen LogP contribution < -0.4 is 0 Å². The number of piperidine rings is 1. The van der Waals surface area contributed by atoms with Gasteiger partial charge < -0.3 is 19.6 Å². The number of methoxy groups -OCH3 is 1. The Hall–Kier alpha value is -1.30. The molecule has 2 aliphatic heterocycles. The standard InChI is InChI=1S/C14H24N2O4/c1-14(20-2)5-3-6-16(10-14)13(19)15-7-4-11(9-15)8-12(17)18/h11H,3-10H2,1-2H3,(H,17,18). The molecule has 2 saturated heterocycles. The van der Waals surface area contributed by atoms with Gasteiger partial charge in [-0.25, -0.2) is 4.79 Å². The Morgan fingerprint density at radius 1 is 1.35 bits per heavy atom. The van der Waals surface area contributed by atoms with Crippen LogP contribution in [-0.4, -0.2) is 65.8 Å². The fourth-order valence-electron chi connectivity index (χ4n) is 3.16. The molecule has 6 heteroatoms. The summed E-state index contributed by atoms with van der Waals surface area (Å²) in [4.78, 5) is 26.8. The van der Waals surface area contributed by atoms with E-state index < -0.39 is 5.97 Å². The first-order valence-corrected chi connectivity index (χ1v) is 7.24. The molecule has 0 saturated carbocycles. The predicted molar refractivity (Wildman–Crippen MR) is 73.5 cm³/mol. The maximum absolute atomic E-state index is 12.5.